The number of nitrogens with zero attached hydrogens (tertiary/aromatic N) is 1. The van der Waals surface area contributed by atoms with E-state index >= 15 is 0 Å². The molecule has 0 N–H and O–H groups in total. The summed E-state index contributed by atoms with van der Waals surface area (Å²) < 4.78 is 17.8. The van der Waals surface area contributed by atoms with Crippen LogP contribution in [-0.4, -0.2) is 13.1 Å². The minimum Gasteiger partial charge on any atom is -0.465 e. The summed E-state index contributed by atoms with van der Waals surface area (Å²) in [7, 11) is 1.22. The Hall–Kier alpha value is -1.89. The SMILES string of the molecule is COC(=O)c1cc(F)cc(C(C)(C)C#N)c1. The smallest absolute Gasteiger partial charge is 0.337 e. The molecule has 0 aliphatic carbocycles. The van der Waals surface area contributed by atoms with Crippen molar-refractivity contribution in [1.82, 2.24) is 0 Å². The van der Waals surface area contributed by atoms with Crippen LogP contribution in [0, 0.1) is 17.1 Å². The Morgan fingerprint density at radius 1 is 1.44 bits per heavy atom. The lowest BCUT2D eigenvalue weighted by atomic mass is 9.85. The van der Waals surface area contributed by atoms with Gasteiger partial charge in [0, 0.05) is 0 Å². The minimum atomic E-state index is -0.842. The number of nitriles is 1. The summed E-state index contributed by atoms with van der Waals surface area (Å²) in [6, 6.07) is 5.85. The van der Waals surface area contributed by atoms with E-state index in [9.17, 15) is 9.18 Å². The number of ether oxygens (including phenoxy) is 1. The van der Waals surface area contributed by atoms with Gasteiger partial charge in [-0.3, -0.25) is 0 Å². The molecule has 16 heavy (non-hydrogen) atoms. The second-order valence-electron chi connectivity index (χ2n) is 3.96. The lowest BCUT2D eigenvalue weighted by Crippen LogP contribution is -2.15. The molecule has 0 spiro atoms. The summed E-state index contributed by atoms with van der Waals surface area (Å²) in [6.07, 6.45) is 0. The zero-order chi connectivity index (χ0) is 12.3. The van der Waals surface area contributed by atoms with Crippen molar-refractivity contribution < 1.29 is 13.9 Å². The molecule has 0 atom stereocenters. The summed E-state index contributed by atoms with van der Waals surface area (Å²) in [5.74, 6) is -1.17. The van der Waals surface area contributed by atoms with Crippen molar-refractivity contribution in [1.29, 1.82) is 5.26 Å². The molecular weight excluding hydrogens is 209 g/mol. The Morgan fingerprint density at radius 3 is 2.56 bits per heavy atom. The Labute approximate surface area is 93.5 Å². The maximum absolute atomic E-state index is 13.3. The van der Waals surface area contributed by atoms with Crippen molar-refractivity contribution in [2.75, 3.05) is 7.11 Å². The molecule has 0 heterocycles. The monoisotopic (exact) mass is 221 g/mol. The molecule has 1 aromatic rings. The minimum absolute atomic E-state index is 0.112. The Morgan fingerprint density at radius 2 is 2.06 bits per heavy atom. The average molecular weight is 221 g/mol. The third kappa shape index (κ3) is 2.37. The quantitative estimate of drug-likeness (QED) is 0.720. The van der Waals surface area contributed by atoms with E-state index in [4.69, 9.17) is 5.26 Å². The van der Waals surface area contributed by atoms with Crippen LogP contribution in [-0.2, 0) is 10.2 Å². The Bertz CT molecular complexity index is 461. The van der Waals surface area contributed by atoms with Crippen LogP contribution in [0.15, 0.2) is 18.2 Å². The van der Waals surface area contributed by atoms with E-state index in [2.05, 4.69) is 10.8 Å². The average Bonchev–Trinajstić information content (AvgIpc) is 2.27. The molecule has 0 aliphatic heterocycles. The topological polar surface area (TPSA) is 50.1 Å². The number of hydrogen-bond acceptors (Lipinski definition) is 3. The van der Waals surface area contributed by atoms with Crippen molar-refractivity contribution in [3.8, 4) is 6.07 Å². The van der Waals surface area contributed by atoms with Crippen molar-refractivity contribution in [2.24, 2.45) is 0 Å². The van der Waals surface area contributed by atoms with Gasteiger partial charge in [0.15, 0.2) is 0 Å². The number of carbonyl (C=O) groups excluding carboxylic acids is 1. The van der Waals surface area contributed by atoms with Crippen molar-refractivity contribution in [2.45, 2.75) is 19.3 Å². The predicted octanol–water partition coefficient (Wildman–Crippen LogP) is 2.41. The third-order valence-corrected chi connectivity index (χ3v) is 2.32. The fourth-order valence-corrected chi connectivity index (χ4v) is 1.25. The van der Waals surface area contributed by atoms with Gasteiger partial charge in [-0.2, -0.15) is 5.26 Å². The number of esters is 1. The van der Waals surface area contributed by atoms with E-state index in [-0.39, 0.29) is 5.56 Å². The van der Waals surface area contributed by atoms with Crippen LogP contribution in [0.5, 0.6) is 0 Å². The predicted molar refractivity (Wildman–Crippen MR) is 56.4 cm³/mol. The van der Waals surface area contributed by atoms with Gasteiger partial charge >= 0.3 is 5.97 Å². The first kappa shape index (κ1) is 12.2. The molecule has 0 fully saturated rings. The molecule has 3 nitrogen and oxygen atoms in total. The van der Waals surface area contributed by atoms with Gasteiger partial charge in [0.25, 0.3) is 0 Å². The zero-order valence-electron chi connectivity index (χ0n) is 9.37. The van der Waals surface area contributed by atoms with Crippen LogP contribution < -0.4 is 0 Å². The number of rotatable bonds is 2. The normalized spacial score (nSPS) is 10.7. The lowest BCUT2D eigenvalue weighted by molar-refractivity contribution is 0.0600. The fraction of sp³-hybridized carbons (Fsp3) is 0.333. The molecule has 0 saturated heterocycles. The molecule has 0 amide bonds. The van der Waals surface area contributed by atoms with Crippen LogP contribution >= 0.6 is 0 Å². The summed E-state index contributed by atoms with van der Waals surface area (Å²) in [5, 5.41) is 8.94. The second-order valence-corrected chi connectivity index (χ2v) is 3.96. The highest BCUT2D eigenvalue weighted by molar-refractivity contribution is 5.89. The molecule has 0 unspecified atom stereocenters. The first-order valence-corrected chi connectivity index (χ1v) is 4.71. The van der Waals surface area contributed by atoms with E-state index < -0.39 is 17.2 Å². The first-order valence-electron chi connectivity index (χ1n) is 4.71. The first-order chi connectivity index (χ1) is 7.40. The molecule has 4 heteroatoms. The Kier molecular flexibility index (Phi) is 3.28. The van der Waals surface area contributed by atoms with Crippen LogP contribution in [0.3, 0.4) is 0 Å². The summed E-state index contributed by atoms with van der Waals surface area (Å²) in [4.78, 5) is 11.3. The van der Waals surface area contributed by atoms with Crippen molar-refractivity contribution >= 4 is 5.97 Å². The largest absolute Gasteiger partial charge is 0.465 e. The Balaban J connectivity index is 3.30. The zero-order valence-corrected chi connectivity index (χ0v) is 9.37. The van der Waals surface area contributed by atoms with E-state index in [0.29, 0.717) is 5.56 Å². The van der Waals surface area contributed by atoms with Crippen molar-refractivity contribution in [3.05, 3.63) is 35.1 Å². The van der Waals surface area contributed by atoms with E-state index in [1.54, 1.807) is 13.8 Å². The molecule has 1 aromatic carbocycles. The highest BCUT2D eigenvalue weighted by Crippen LogP contribution is 2.24. The van der Waals surface area contributed by atoms with Gasteiger partial charge in [0.05, 0.1) is 24.2 Å². The number of hydrogen-bond donors (Lipinski definition) is 0. The highest BCUT2D eigenvalue weighted by Gasteiger charge is 2.22. The van der Waals surface area contributed by atoms with Gasteiger partial charge in [-0.15, -0.1) is 0 Å². The van der Waals surface area contributed by atoms with E-state index in [0.717, 1.165) is 6.07 Å². The van der Waals surface area contributed by atoms with E-state index in [1.165, 1.54) is 19.2 Å². The van der Waals surface area contributed by atoms with Crippen LogP contribution in [0.4, 0.5) is 4.39 Å². The summed E-state index contributed by atoms with van der Waals surface area (Å²) >= 11 is 0. The standard InChI is InChI=1S/C12H12FNO2/c1-12(2,7-14)9-4-8(11(15)16-3)5-10(13)6-9/h4-6H,1-3H3. The number of methoxy groups -OCH3 is 1. The molecule has 0 bridgehead atoms. The maximum Gasteiger partial charge on any atom is 0.337 e. The van der Waals surface area contributed by atoms with Crippen LogP contribution in [0.25, 0.3) is 0 Å². The fourth-order valence-electron chi connectivity index (χ4n) is 1.25. The number of carbonyl (C=O) groups is 1. The van der Waals surface area contributed by atoms with Crippen molar-refractivity contribution in [3.63, 3.8) is 0 Å². The molecule has 1 rings (SSSR count). The molecule has 84 valence electrons. The molecule has 0 aliphatic rings. The molecule has 0 radical (unpaired) electrons. The number of halogens is 1. The van der Waals surface area contributed by atoms with Crippen LogP contribution in [0.2, 0.25) is 0 Å². The van der Waals surface area contributed by atoms with Crippen LogP contribution in [0.1, 0.15) is 29.8 Å². The highest BCUT2D eigenvalue weighted by atomic mass is 19.1. The lowest BCUT2D eigenvalue weighted by Gasteiger charge is -2.16. The molecule has 0 aromatic heterocycles. The number of benzene rings is 1. The van der Waals surface area contributed by atoms with Gasteiger partial charge < -0.3 is 4.74 Å². The van der Waals surface area contributed by atoms with Gasteiger partial charge in [0.1, 0.15) is 5.82 Å². The maximum atomic E-state index is 13.3. The van der Waals surface area contributed by atoms with E-state index in [1.807, 2.05) is 0 Å². The summed E-state index contributed by atoms with van der Waals surface area (Å²) in [5.41, 5.74) is -0.276. The molecular formula is C12H12FNO2. The summed E-state index contributed by atoms with van der Waals surface area (Å²) in [6.45, 7) is 3.31. The van der Waals surface area contributed by atoms with Gasteiger partial charge in [0.2, 0.25) is 0 Å². The molecule has 0 saturated carbocycles. The van der Waals surface area contributed by atoms with Gasteiger partial charge in [-0.05, 0) is 37.6 Å². The second kappa shape index (κ2) is 4.31. The third-order valence-electron chi connectivity index (χ3n) is 2.32. The van der Waals surface area contributed by atoms with Gasteiger partial charge in [-0.1, -0.05) is 0 Å². The van der Waals surface area contributed by atoms with Gasteiger partial charge in [-0.25, -0.2) is 9.18 Å².